The molecule has 9 heteroatoms. The highest BCUT2D eigenvalue weighted by Gasteiger charge is 2.41. The summed E-state index contributed by atoms with van der Waals surface area (Å²) < 4.78 is 54.0. The third kappa shape index (κ3) is 2.96. The standard InChI is InChI=1S/C21H17F3N2O4/c22-13-4-1-3-12(7-13)21(23,24)10-25-11-29-16-8-15-17(9-14(16)19(25)27)30-18-5-2-6-26(18)20(15)28/h1,3-4,7-9,18H,2,5-6,10-11H2. The Hall–Kier alpha value is -3.23. The molecule has 2 aromatic carbocycles. The van der Waals surface area contributed by atoms with Crippen LogP contribution >= 0.6 is 0 Å². The number of amides is 2. The Morgan fingerprint density at radius 2 is 1.83 bits per heavy atom. The number of hydrogen-bond acceptors (Lipinski definition) is 4. The lowest BCUT2D eigenvalue weighted by atomic mass is 10.0. The number of carbonyl (C=O) groups is 2. The monoisotopic (exact) mass is 418 g/mol. The molecule has 6 nitrogen and oxygen atoms in total. The van der Waals surface area contributed by atoms with E-state index >= 15 is 0 Å². The average molecular weight is 418 g/mol. The Bertz CT molecular complexity index is 1060. The van der Waals surface area contributed by atoms with Crippen molar-refractivity contribution in [2.75, 3.05) is 19.8 Å². The second kappa shape index (κ2) is 6.65. The summed E-state index contributed by atoms with van der Waals surface area (Å²) in [6.45, 7) is -0.776. The maximum Gasteiger partial charge on any atom is 0.290 e. The summed E-state index contributed by atoms with van der Waals surface area (Å²) in [5, 5.41) is 0. The van der Waals surface area contributed by atoms with Crippen molar-refractivity contribution >= 4 is 11.8 Å². The van der Waals surface area contributed by atoms with Crippen LogP contribution in [0.25, 0.3) is 0 Å². The highest BCUT2D eigenvalue weighted by Crippen LogP contribution is 2.39. The number of benzene rings is 2. The molecule has 3 aliphatic heterocycles. The normalized spacial score (nSPS) is 20.3. The molecule has 0 radical (unpaired) electrons. The van der Waals surface area contributed by atoms with Gasteiger partial charge in [0.1, 0.15) is 17.3 Å². The van der Waals surface area contributed by atoms with Gasteiger partial charge in [0.2, 0.25) is 0 Å². The summed E-state index contributed by atoms with van der Waals surface area (Å²) >= 11 is 0. The number of halogens is 3. The van der Waals surface area contributed by atoms with Gasteiger partial charge in [-0.05, 0) is 30.7 Å². The lowest BCUT2D eigenvalue weighted by molar-refractivity contribution is -0.0480. The number of hydrogen-bond donors (Lipinski definition) is 0. The maximum absolute atomic E-state index is 14.7. The molecule has 0 saturated carbocycles. The van der Waals surface area contributed by atoms with Gasteiger partial charge in [-0.25, -0.2) is 4.39 Å². The van der Waals surface area contributed by atoms with Crippen LogP contribution in [0.15, 0.2) is 36.4 Å². The molecule has 2 amide bonds. The molecule has 1 saturated heterocycles. The van der Waals surface area contributed by atoms with Crippen LogP contribution in [0.3, 0.4) is 0 Å². The van der Waals surface area contributed by atoms with E-state index in [0.717, 1.165) is 29.5 Å². The van der Waals surface area contributed by atoms with Crippen molar-refractivity contribution < 1.29 is 32.2 Å². The molecule has 3 aliphatic rings. The van der Waals surface area contributed by atoms with Crippen LogP contribution in [0.1, 0.15) is 39.1 Å². The SMILES string of the molecule is O=C1c2cc3c(cc2OCN1CC(F)(F)c1cccc(F)c1)C(=O)N1CCCC1O3. The molecule has 3 heterocycles. The summed E-state index contributed by atoms with van der Waals surface area (Å²) in [5.41, 5.74) is -0.186. The predicted molar refractivity (Wildman–Crippen MR) is 98.0 cm³/mol. The minimum Gasteiger partial charge on any atom is -0.472 e. The summed E-state index contributed by atoms with van der Waals surface area (Å²) in [6, 6.07) is 6.92. The van der Waals surface area contributed by atoms with E-state index in [0.29, 0.717) is 18.5 Å². The van der Waals surface area contributed by atoms with Crippen molar-refractivity contribution in [1.82, 2.24) is 9.80 Å². The van der Waals surface area contributed by atoms with Gasteiger partial charge in [0.25, 0.3) is 17.7 Å². The largest absolute Gasteiger partial charge is 0.472 e. The Kier molecular flexibility index (Phi) is 4.16. The maximum atomic E-state index is 14.7. The zero-order chi connectivity index (χ0) is 21.0. The van der Waals surface area contributed by atoms with Crippen LogP contribution in [-0.4, -0.2) is 47.7 Å². The second-order valence-corrected chi connectivity index (χ2v) is 7.55. The van der Waals surface area contributed by atoms with Crippen LogP contribution < -0.4 is 9.47 Å². The minimum atomic E-state index is -3.47. The van der Waals surface area contributed by atoms with Crippen molar-refractivity contribution in [3.05, 3.63) is 58.9 Å². The molecule has 5 rings (SSSR count). The molecule has 1 fully saturated rings. The quantitative estimate of drug-likeness (QED) is 0.767. The first-order valence-electron chi connectivity index (χ1n) is 9.55. The first-order valence-corrected chi connectivity index (χ1v) is 9.55. The molecule has 0 bridgehead atoms. The number of carbonyl (C=O) groups excluding carboxylic acids is 2. The Balaban J connectivity index is 1.42. The molecule has 30 heavy (non-hydrogen) atoms. The van der Waals surface area contributed by atoms with E-state index in [1.807, 2.05) is 0 Å². The van der Waals surface area contributed by atoms with Gasteiger partial charge in [0, 0.05) is 18.5 Å². The van der Waals surface area contributed by atoms with Gasteiger partial charge in [-0.1, -0.05) is 12.1 Å². The highest BCUT2D eigenvalue weighted by atomic mass is 19.3. The van der Waals surface area contributed by atoms with Gasteiger partial charge in [0.05, 0.1) is 17.7 Å². The Labute approximate surface area is 169 Å². The molecule has 156 valence electrons. The second-order valence-electron chi connectivity index (χ2n) is 7.55. The summed E-state index contributed by atoms with van der Waals surface area (Å²) in [4.78, 5) is 28.0. The summed E-state index contributed by atoms with van der Waals surface area (Å²) in [6.07, 6.45) is 1.14. The third-order valence-electron chi connectivity index (χ3n) is 5.56. The van der Waals surface area contributed by atoms with E-state index in [9.17, 15) is 22.8 Å². The van der Waals surface area contributed by atoms with E-state index < -0.39 is 36.5 Å². The topological polar surface area (TPSA) is 59.1 Å². The van der Waals surface area contributed by atoms with Crippen molar-refractivity contribution in [1.29, 1.82) is 0 Å². The lowest BCUT2D eigenvalue weighted by Gasteiger charge is -2.35. The zero-order valence-electron chi connectivity index (χ0n) is 15.7. The number of ether oxygens (including phenoxy) is 2. The van der Waals surface area contributed by atoms with E-state index in [-0.39, 0.29) is 29.2 Å². The molecule has 2 aromatic rings. The van der Waals surface area contributed by atoms with Gasteiger partial charge >= 0.3 is 0 Å². The van der Waals surface area contributed by atoms with Crippen LogP contribution in [0, 0.1) is 5.82 Å². The van der Waals surface area contributed by atoms with Crippen molar-refractivity contribution in [2.45, 2.75) is 25.0 Å². The van der Waals surface area contributed by atoms with Crippen molar-refractivity contribution in [3.63, 3.8) is 0 Å². The van der Waals surface area contributed by atoms with Crippen LogP contribution in [-0.2, 0) is 5.92 Å². The highest BCUT2D eigenvalue weighted by molar-refractivity contribution is 6.03. The Morgan fingerprint density at radius 1 is 1.07 bits per heavy atom. The number of fused-ring (bicyclic) bond motifs is 3. The fourth-order valence-electron chi connectivity index (χ4n) is 4.04. The van der Waals surface area contributed by atoms with Gasteiger partial charge in [-0.15, -0.1) is 0 Å². The fraction of sp³-hybridized carbons (Fsp3) is 0.333. The smallest absolute Gasteiger partial charge is 0.290 e. The van der Waals surface area contributed by atoms with E-state index in [1.54, 1.807) is 4.90 Å². The third-order valence-corrected chi connectivity index (χ3v) is 5.56. The molecule has 0 N–H and O–H groups in total. The van der Waals surface area contributed by atoms with Crippen LogP contribution in [0.5, 0.6) is 11.5 Å². The zero-order valence-corrected chi connectivity index (χ0v) is 15.7. The molecule has 0 aromatic heterocycles. The Morgan fingerprint density at radius 3 is 2.63 bits per heavy atom. The van der Waals surface area contributed by atoms with E-state index in [4.69, 9.17) is 9.47 Å². The molecule has 0 spiro atoms. The molecule has 0 aliphatic carbocycles. The molecular weight excluding hydrogens is 401 g/mol. The minimum absolute atomic E-state index is 0.0503. The van der Waals surface area contributed by atoms with E-state index in [2.05, 4.69) is 0 Å². The molecular formula is C21H17F3N2O4. The number of alkyl halides is 2. The van der Waals surface area contributed by atoms with Gasteiger partial charge in [-0.2, -0.15) is 8.78 Å². The van der Waals surface area contributed by atoms with Gasteiger partial charge in [-0.3, -0.25) is 14.5 Å². The molecule has 1 atom stereocenters. The van der Waals surface area contributed by atoms with E-state index in [1.165, 1.54) is 18.2 Å². The van der Waals surface area contributed by atoms with Crippen molar-refractivity contribution in [3.8, 4) is 11.5 Å². The molecule has 1 unspecified atom stereocenters. The average Bonchev–Trinajstić information content (AvgIpc) is 3.18. The summed E-state index contributed by atoms with van der Waals surface area (Å²) in [5.74, 6) is -4.72. The van der Waals surface area contributed by atoms with Crippen molar-refractivity contribution in [2.24, 2.45) is 0 Å². The van der Waals surface area contributed by atoms with Gasteiger partial charge < -0.3 is 14.4 Å². The first kappa shape index (κ1) is 18.8. The van der Waals surface area contributed by atoms with Gasteiger partial charge in [0.15, 0.2) is 13.0 Å². The lowest BCUT2D eigenvalue weighted by Crippen LogP contribution is -2.45. The van der Waals surface area contributed by atoms with Crippen LogP contribution in [0.4, 0.5) is 13.2 Å². The number of rotatable bonds is 3. The first-order chi connectivity index (χ1) is 14.3. The number of nitrogens with zero attached hydrogens (tertiary/aromatic N) is 2. The van der Waals surface area contributed by atoms with Crippen LogP contribution in [0.2, 0.25) is 0 Å². The predicted octanol–water partition coefficient (Wildman–Crippen LogP) is 3.36. The summed E-state index contributed by atoms with van der Waals surface area (Å²) in [7, 11) is 0. The fourth-order valence-corrected chi connectivity index (χ4v) is 4.04.